The number of hydrogen-bond donors (Lipinski definition) is 0. The molecule has 1 fully saturated rings. The van der Waals surface area contributed by atoms with Crippen LogP contribution in [0.5, 0.6) is 0 Å². The van der Waals surface area contributed by atoms with Crippen molar-refractivity contribution < 1.29 is 9.53 Å². The molecule has 110 valence electrons. The lowest BCUT2D eigenvalue weighted by molar-refractivity contribution is -0.183. The zero-order valence-electron chi connectivity index (χ0n) is 13.1. The lowest BCUT2D eigenvalue weighted by atomic mass is 9.95. The number of hydrogen-bond acceptors (Lipinski definition) is 3. The van der Waals surface area contributed by atoms with Gasteiger partial charge in [-0.15, -0.1) is 0 Å². The van der Waals surface area contributed by atoms with Gasteiger partial charge in [0, 0.05) is 18.7 Å². The summed E-state index contributed by atoms with van der Waals surface area (Å²) in [5.41, 5.74) is 0.321. The molecule has 1 aliphatic rings. The van der Waals surface area contributed by atoms with Crippen molar-refractivity contribution in [3.05, 3.63) is 35.9 Å². The van der Waals surface area contributed by atoms with Crippen LogP contribution in [0.15, 0.2) is 30.3 Å². The quantitative estimate of drug-likeness (QED) is 0.794. The van der Waals surface area contributed by atoms with Crippen molar-refractivity contribution in [2.24, 2.45) is 0 Å². The standard InChI is InChI=1S/C17H25NO2/c1-13(15(19)14-9-7-6-8-10-14)18-11-16(2,3)20-17(4,5)12-18/h6-10,13H,11-12H2,1-5H3. The fourth-order valence-corrected chi connectivity index (χ4v) is 3.13. The third-order valence-electron chi connectivity index (χ3n) is 3.71. The van der Waals surface area contributed by atoms with Gasteiger partial charge in [0.15, 0.2) is 5.78 Å². The van der Waals surface area contributed by atoms with Gasteiger partial charge >= 0.3 is 0 Å². The first-order chi connectivity index (χ1) is 9.20. The molecule has 1 aromatic carbocycles. The fourth-order valence-electron chi connectivity index (χ4n) is 3.13. The summed E-state index contributed by atoms with van der Waals surface area (Å²) in [5.74, 6) is 0.180. The maximum Gasteiger partial charge on any atom is 0.179 e. The monoisotopic (exact) mass is 275 g/mol. The van der Waals surface area contributed by atoms with Crippen molar-refractivity contribution in [3.8, 4) is 0 Å². The molecular formula is C17H25NO2. The molecule has 0 saturated carbocycles. The van der Waals surface area contributed by atoms with Crippen LogP contribution in [0.3, 0.4) is 0 Å². The molecule has 0 bridgehead atoms. The smallest absolute Gasteiger partial charge is 0.179 e. The normalized spacial score (nSPS) is 23.2. The van der Waals surface area contributed by atoms with Gasteiger partial charge in [-0.25, -0.2) is 0 Å². The van der Waals surface area contributed by atoms with E-state index in [4.69, 9.17) is 4.74 Å². The minimum Gasteiger partial charge on any atom is -0.367 e. The molecule has 1 aliphatic heterocycles. The van der Waals surface area contributed by atoms with E-state index >= 15 is 0 Å². The molecular weight excluding hydrogens is 250 g/mol. The van der Waals surface area contributed by atoms with Crippen molar-refractivity contribution in [1.82, 2.24) is 4.90 Å². The second kappa shape index (κ2) is 5.30. The van der Waals surface area contributed by atoms with Gasteiger partial charge in [-0.3, -0.25) is 9.69 Å². The second-order valence-electron chi connectivity index (χ2n) is 6.93. The van der Waals surface area contributed by atoms with E-state index in [-0.39, 0.29) is 23.0 Å². The molecule has 20 heavy (non-hydrogen) atoms. The molecule has 0 spiro atoms. The average Bonchev–Trinajstić information content (AvgIpc) is 2.34. The molecule has 0 aromatic heterocycles. The molecule has 0 radical (unpaired) electrons. The number of ketones is 1. The van der Waals surface area contributed by atoms with E-state index in [2.05, 4.69) is 32.6 Å². The minimum atomic E-state index is -0.229. The van der Waals surface area contributed by atoms with Crippen LogP contribution in [0.2, 0.25) is 0 Å². The van der Waals surface area contributed by atoms with Crippen LogP contribution in [0.25, 0.3) is 0 Å². The first kappa shape index (κ1) is 15.2. The maximum absolute atomic E-state index is 12.6. The SMILES string of the molecule is CC(C(=O)c1ccccc1)N1CC(C)(C)OC(C)(C)C1. The van der Waals surface area contributed by atoms with E-state index in [0.717, 1.165) is 18.7 Å². The first-order valence-electron chi connectivity index (χ1n) is 7.24. The number of ether oxygens (including phenoxy) is 1. The minimum absolute atomic E-state index is 0.125. The number of carbonyl (C=O) groups is 1. The van der Waals surface area contributed by atoms with Gasteiger partial charge in [0.1, 0.15) is 0 Å². The molecule has 0 N–H and O–H groups in total. The van der Waals surface area contributed by atoms with Crippen molar-refractivity contribution in [2.75, 3.05) is 13.1 Å². The molecule has 2 rings (SSSR count). The van der Waals surface area contributed by atoms with Gasteiger partial charge < -0.3 is 4.74 Å². The Kier molecular flexibility index (Phi) is 4.03. The highest BCUT2D eigenvalue weighted by Gasteiger charge is 2.40. The van der Waals surface area contributed by atoms with Crippen LogP contribution in [-0.2, 0) is 4.74 Å². The molecule has 3 heteroatoms. The van der Waals surface area contributed by atoms with Crippen LogP contribution in [0, 0.1) is 0 Å². The van der Waals surface area contributed by atoms with Crippen LogP contribution >= 0.6 is 0 Å². The summed E-state index contributed by atoms with van der Waals surface area (Å²) in [7, 11) is 0. The summed E-state index contributed by atoms with van der Waals surface area (Å²) < 4.78 is 6.07. The van der Waals surface area contributed by atoms with E-state index in [9.17, 15) is 4.79 Å². The topological polar surface area (TPSA) is 29.5 Å². The third-order valence-corrected chi connectivity index (χ3v) is 3.71. The summed E-state index contributed by atoms with van der Waals surface area (Å²) in [6, 6.07) is 9.40. The van der Waals surface area contributed by atoms with E-state index < -0.39 is 0 Å². The van der Waals surface area contributed by atoms with Gasteiger partial charge in [0.05, 0.1) is 17.2 Å². The van der Waals surface area contributed by atoms with Crippen LogP contribution in [0.4, 0.5) is 0 Å². The molecule has 1 unspecified atom stereocenters. The summed E-state index contributed by atoms with van der Waals surface area (Å²) in [6.07, 6.45) is 0. The summed E-state index contributed by atoms with van der Waals surface area (Å²) >= 11 is 0. The van der Waals surface area contributed by atoms with Gasteiger partial charge in [-0.05, 0) is 34.6 Å². The molecule has 1 aromatic rings. The van der Waals surface area contributed by atoms with Gasteiger partial charge in [0.25, 0.3) is 0 Å². The van der Waals surface area contributed by atoms with Crippen LogP contribution < -0.4 is 0 Å². The van der Waals surface area contributed by atoms with Crippen molar-refractivity contribution in [2.45, 2.75) is 51.9 Å². The molecule has 3 nitrogen and oxygen atoms in total. The fraction of sp³-hybridized carbons (Fsp3) is 0.588. The Bertz CT molecular complexity index is 463. The molecule has 0 amide bonds. The van der Waals surface area contributed by atoms with Crippen LogP contribution in [0.1, 0.15) is 45.0 Å². The van der Waals surface area contributed by atoms with Gasteiger partial charge in [0.2, 0.25) is 0 Å². The number of carbonyl (C=O) groups excluding carboxylic acids is 1. The van der Waals surface area contributed by atoms with E-state index in [0.29, 0.717) is 0 Å². The van der Waals surface area contributed by atoms with Gasteiger partial charge in [-0.1, -0.05) is 30.3 Å². The molecule has 1 heterocycles. The van der Waals surface area contributed by atoms with Crippen molar-refractivity contribution in [3.63, 3.8) is 0 Å². The van der Waals surface area contributed by atoms with Crippen molar-refractivity contribution in [1.29, 1.82) is 0 Å². The number of morpholine rings is 1. The van der Waals surface area contributed by atoms with Gasteiger partial charge in [-0.2, -0.15) is 0 Å². The number of benzene rings is 1. The predicted molar refractivity (Wildman–Crippen MR) is 81.1 cm³/mol. The average molecular weight is 275 g/mol. The number of Topliss-reactive ketones (excluding diaryl/α,β-unsaturated/α-hetero) is 1. The Morgan fingerprint density at radius 3 is 2.10 bits per heavy atom. The summed E-state index contributed by atoms with van der Waals surface area (Å²) in [5, 5.41) is 0. The summed E-state index contributed by atoms with van der Waals surface area (Å²) in [6.45, 7) is 11.9. The van der Waals surface area contributed by atoms with Crippen molar-refractivity contribution >= 4 is 5.78 Å². The second-order valence-corrected chi connectivity index (χ2v) is 6.93. The lowest BCUT2D eigenvalue weighted by Crippen LogP contribution is -2.60. The number of rotatable bonds is 3. The highest BCUT2D eigenvalue weighted by atomic mass is 16.5. The Balaban J connectivity index is 2.16. The zero-order chi connectivity index (χ0) is 15.0. The largest absolute Gasteiger partial charge is 0.367 e. The van der Waals surface area contributed by atoms with Crippen LogP contribution in [-0.4, -0.2) is 41.0 Å². The van der Waals surface area contributed by atoms with E-state index in [1.807, 2.05) is 37.3 Å². The molecule has 1 saturated heterocycles. The highest BCUT2D eigenvalue weighted by Crippen LogP contribution is 2.29. The molecule has 1 atom stereocenters. The Morgan fingerprint density at radius 1 is 1.10 bits per heavy atom. The Hall–Kier alpha value is -1.19. The zero-order valence-corrected chi connectivity index (χ0v) is 13.1. The summed E-state index contributed by atoms with van der Waals surface area (Å²) in [4.78, 5) is 14.8. The Labute approximate surface area is 121 Å². The third kappa shape index (κ3) is 3.47. The first-order valence-corrected chi connectivity index (χ1v) is 7.24. The maximum atomic E-state index is 12.6. The highest BCUT2D eigenvalue weighted by molar-refractivity contribution is 5.99. The lowest BCUT2D eigenvalue weighted by Gasteiger charge is -2.48. The predicted octanol–water partition coefficient (Wildman–Crippen LogP) is 3.15. The Morgan fingerprint density at radius 2 is 1.60 bits per heavy atom. The number of nitrogens with zero attached hydrogens (tertiary/aromatic N) is 1. The molecule has 0 aliphatic carbocycles. The van der Waals surface area contributed by atoms with E-state index in [1.165, 1.54) is 0 Å². The van der Waals surface area contributed by atoms with E-state index in [1.54, 1.807) is 0 Å².